The molecule has 166 valence electrons. The van der Waals surface area contributed by atoms with Gasteiger partial charge in [0.1, 0.15) is 6.54 Å². The number of carbonyl (C=O) groups excluding carboxylic acids is 1. The Hall–Kier alpha value is -1.48. The van der Waals surface area contributed by atoms with Crippen molar-refractivity contribution in [2.75, 3.05) is 17.1 Å². The molecule has 1 aromatic rings. The second kappa shape index (κ2) is 7.29. The Balaban J connectivity index is 1.55. The Labute approximate surface area is 179 Å². The molecule has 5 nitrogen and oxygen atoms in total. The number of rotatable bonds is 5. The van der Waals surface area contributed by atoms with Crippen molar-refractivity contribution >= 4 is 33.2 Å². The molecule has 0 heterocycles. The van der Waals surface area contributed by atoms with Crippen molar-refractivity contribution in [2.45, 2.75) is 50.2 Å². The Kier molecular flexibility index (Phi) is 5.28. The Morgan fingerprint density at radius 2 is 1.70 bits per heavy atom. The Morgan fingerprint density at radius 1 is 1.17 bits per heavy atom. The molecule has 4 aliphatic carbocycles. The number of hydrogen-bond acceptors (Lipinski definition) is 3. The second-order valence-corrected chi connectivity index (χ2v) is 11.5. The van der Waals surface area contributed by atoms with Crippen molar-refractivity contribution in [3.8, 4) is 0 Å². The first-order valence-corrected chi connectivity index (χ1v) is 12.2. The maximum absolute atomic E-state index is 13.2. The van der Waals surface area contributed by atoms with Crippen molar-refractivity contribution in [1.82, 2.24) is 5.32 Å². The predicted octanol–water partition coefficient (Wildman–Crippen LogP) is 4.21. The number of sulfonamides is 1. The van der Waals surface area contributed by atoms with Gasteiger partial charge < -0.3 is 5.32 Å². The third-order valence-corrected chi connectivity index (χ3v) is 8.14. The maximum Gasteiger partial charge on any atom is 0.417 e. The van der Waals surface area contributed by atoms with Gasteiger partial charge in [-0.3, -0.25) is 9.10 Å². The smallest absolute Gasteiger partial charge is 0.349 e. The van der Waals surface area contributed by atoms with Crippen LogP contribution in [0.3, 0.4) is 0 Å². The molecular formula is C20H24ClF3N2O3S. The highest BCUT2D eigenvalue weighted by molar-refractivity contribution is 7.92. The van der Waals surface area contributed by atoms with Gasteiger partial charge in [-0.05, 0) is 74.5 Å². The molecule has 0 unspecified atom stereocenters. The molecule has 4 aliphatic rings. The van der Waals surface area contributed by atoms with E-state index < -0.39 is 39.2 Å². The summed E-state index contributed by atoms with van der Waals surface area (Å²) in [7, 11) is -3.99. The highest BCUT2D eigenvalue weighted by atomic mass is 35.5. The molecular weight excluding hydrogens is 441 g/mol. The minimum absolute atomic E-state index is 0.241. The van der Waals surface area contributed by atoms with Gasteiger partial charge in [0.05, 0.1) is 22.5 Å². The summed E-state index contributed by atoms with van der Waals surface area (Å²) in [6.45, 7) is -0.570. The molecule has 10 heteroatoms. The third kappa shape index (κ3) is 4.28. The van der Waals surface area contributed by atoms with Crippen LogP contribution in [-0.4, -0.2) is 32.7 Å². The van der Waals surface area contributed by atoms with E-state index in [-0.39, 0.29) is 11.2 Å². The number of nitrogens with one attached hydrogen (secondary N) is 1. The summed E-state index contributed by atoms with van der Waals surface area (Å²) >= 11 is 5.64. The summed E-state index contributed by atoms with van der Waals surface area (Å²) in [5.74, 6) is 1.28. The molecule has 1 aromatic carbocycles. The summed E-state index contributed by atoms with van der Waals surface area (Å²) in [5.41, 5.74) is -1.70. The molecule has 1 amide bonds. The van der Waals surface area contributed by atoms with Gasteiger partial charge >= 0.3 is 6.18 Å². The van der Waals surface area contributed by atoms with E-state index in [4.69, 9.17) is 11.6 Å². The van der Waals surface area contributed by atoms with Gasteiger partial charge in [-0.15, -0.1) is 0 Å². The van der Waals surface area contributed by atoms with Gasteiger partial charge in [-0.2, -0.15) is 13.2 Å². The van der Waals surface area contributed by atoms with Crippen molar-refractivity contribution < 1.29 is 26.4 Å². The topological polar surface area (TPSA) is 66.5 Å². The monoisotopic (exact) mass is 464 g/mol. The highest BCUT2D eigenvalue weighted by Crippen LogP contribution is 2.55. The first-order chi connectivity index (χ1) is 13.8. The van der Waals surface area contributed by atoms with E-state index in [1.165, 1.54) is 25.3 Å². The quantitative estimate of drug-likeness (QED) is 0.709. The van der Waals surface area contributed by atoms with Gasteiger partial charge in [0, 0.05) is 5.54 Å². The predicted molar refractivity (Wildman–Crippen MR) is 108 cm³/mol. The van der Waals surface area contributed by atoms with Gasteiger partial charge in [0.25, 0.3) is 0 Å². The van der Waals surface area contributed by atoms with Crippen molar-refractivity contribution in [1.29, 1.82) is 0 Å². The van der Waals surface area contributed by atoms with E-state index in [1.807, 2.05) is 0 Å². The van der Waals surface area contributed by atoms with E-state index in [0.29, 0.717) is 28.1 Å². The standard InChI is InChI=1S/C20H24ClF3N2O3S/c1-30(28,29)26(15-2-3-17(21)16(7-15)20(22,23)24)11-18(27)25-19-8-12-4-13(9-19)6-14(5-12)10-19/h2-3,7,12-14H,4-6,8-11H2,1H3,(H,25,27). The molecule has 0 saturated heterocycles. The number of hydrogen-bond donors (Lipinski definition) is 1. The zero-order valence-electron chi connectivity index (χ0n) is 16.5. The minimum Gasteiger partial charge on any atom is -0.349 e. The first-order valence-electron chi connectivity index (χ1n) is 10.0. The van der Waals surface area contributed by atoms with Gasteiger partial charge in [0.2, 0.25) is 15.9 Å². The molecule has 30 heavy (non-hydrogen) atoms. The Bertz CT molecular complexity index is 929. The average Bonchev–Trinajstić information content (AvgIpc) is 2.56. The number of halogens is 4. The van der Waals surface area contributed by atoms with Gasteiger partial charge in [0.15, 0.2) is 0 Å². The average molecular weight is 465 g/mol. The fourth-order valence-corrected chi connectivity index (χ4v) is 7.09. The fourth-order valence-electron chi connectivity index (χ4n) is 6.02. The third-order valence-electron chi connectivity index (χ3n) is 6.67. The lowest BCUT2D eigenvalue weighted by atomic mass is 9.53. The molecule has 0 aromatic heterocycles. The molecule has 4 bridgehead atoms. The first kappa shape index (κ1) is 21.7. The van der Waals surface area contributed by atoms with Gasteiger partial charge in [-0.1, -0.05) is 11.6 Å². The van der Waals surface area contributed by atoms with E-state index in [9.17, 15) is 26.4 Å². The lowest BCUT2D eigenvalue weighted by Gasteiger charge is -2.57. The van der Waals surface area contributed by atoms with E-state index in [2.05, 4.69) is 5.32 Å². The summed E-state index contributed by atoms with van der Waals surface area (Å²) in [6, 6.07) is 2.84. The lowest BCUT2D eigenvalue weighted by Crippen LogP contribution is -2.61. The SMILES string of the molecule is CS(=O)(=O)N(CC(=O)NC12CC3CC(CC(C3)C1)C2)c1ccc(Cl)c(C(F)(F)F)c1. The number of alkyl halides is 3. The fraction of sp³-hybridized carbons (Fsp3) is 0.650. The van der Waals surface area contributed by atoms with Crippen LogP contribution in [0.5, 0.6) is 0 Å². The van der Waals surface area contributed by atoms with Crippen LogP contribution in [0.1, 0.15) is 44.1 Å². The van der Waals surface area contributed by atoms with Crippen LogP contribution < -0.4 is 9.62 Å². The van der Waals surface area contributed by atoms with Crippen LogP contribution in [0.2, 0.25) is 5.02 Å². The van der Waals surface area contributed by atoms with Crippen LogP contribution in [0.4, 0.5) is 18.9 Å². The normalized spacial score (nSPS) is 30.4. The summed E-state index contributed by atoms with van der Waals surface area (Å²) in [5, 5.41) is 2.53. The maximum atomic E-state index is 13.2. The number of benzene rings is 1. The van der Waals surface area contributed by atoms with E-state index in [0.717, 1.165) is 31.6 Å². The number of nitrogens with zero attached hydrogens (tertiary/aromatic N) is 1. The lowest BCUT2D eigenvalue weighted by molar-refractivity contribution is -0.137. The van der Waals surface area contributed by atoms with Crippen molar-refractivity contribution in [3.05, 3.63) is 28.8 Å². The number of carbonyl (C=O) groups is 1. The minimum atomic E-state index is -4.74. The second-order valence-electron chi connectivity index (χ2n) is 9.18. The summed E-state index contributed by atoms with van der Waals surface area (Å²) < 4.78 is 64.9. The molecule has 4 fully saturated rings. The van der Waals surface area contributed by atoms with Crippen LogP contribution >= 0.6 is 11.6 Å². The molecule has 0 radical (unpaired) electrons. The van der Waals surface area contributed by atoms with Crippen LogP contribution in [-0.2, 0) is 21.0 Å². The van der Waals surface area contributed by atoms with E-state index in [1.54, 1.807) is 0 Å². The van der Waals surface area contributed by atoms with Crippen LogP contribution in [0, 0.1) is 17.8 Å². The van der Waals surface area contributed by atoms with Crippen LogP contribution in [0.25, 0.3) is 0 Å². The Morgan fingerprint density at radius 3 is 2.17 bits per heavy atom. The van der Waals surface area contributed by atoms with E-state index >= 15 is 0 Å². The van der Waals surface area contributed by atoms with Crippen molar-refractivity contribution in [3.63, 3.8) is 0 Å². The molecule has 1 N–H and O–H groups in total. The largest absolute Gasteiger partial charge is 0.417 e. The number of amides is 1. The zero-order chi connectivity index (χ0) is 21.9. The zero-order valence-corrected chi connectivity index (χ0v) is 18.1. The molecule has 5 rings (SSSR count). The molecule has 0 aliphatic heterocycles. The van der Waals surface area contributed by atoms with Crippen molar-refractivity contribution in [2.24, 2.45) is 17.8 Å². The number of anilines is 1. The molecule has 4 saturated carbocycles. The van der Waals surface area contributed by atoms with Crippen LogP contribution in [0.15, 0.2) is 18.2 Å². The molecule has 0 spiro atoms. The molecule has 0 atom stereocenters. The highest BCUT2D eigenvalue weighted by Gasteiger charge is 2.51. The summed E-state index contributed by atoms with van der Waals surface area (Å²) in [4.78, 5) is 12.8. The van der Waals surface area contributed by atoms with Gasteiger partial charge in [-0.25, -0.2) is 8.42 Å². The summed E-state index contributed by atoms with van der Waals surface area (Å²) in [6.07, 6.45) is 2.37.